The third kappa shape index (κ3) is 4.84. The van der Waals surface area contributed by atoms with E-state index in [-0.39, 0.29) is 36.3 Å². The Labute approximate surface area is 196 Å². The van der Waals surface area contributed by atoms with E-state index in [0.717, 1.165) is 22.2 Å². The van der Waals surface area contributed by atoms with Crippen LogP contribution < -0.4 is 15.4 Å². The van der Waals surface area contributed by atoms with Crippen LogP contribution in [-0.2, 0) is 11.2 Å². The van der Waals surface area contributed by atoms with E-state index in [0.29, 0.717) is 24.2 Å². The van der Waals surface area contributed by atoms with Crippen molar-refractivity contribution in [2.24, 2.45) is 0 Å². The fourth-order valence-electron chi connectivity index (χ4n) is 3.77. The van der Waals surface area contributed by atoms with Gasteiger partial charge in [-0.1, -0.05) is 25.1 Å². The predicted molar refractivity (Wildman–Crippen MR) is 130 cm³/mol. The molecule has 8 nitrogen and oxygen atoms in total. The van der Waals surface area contributed by atoms with Crippen LogP contribution in [0, 0.1) is 5.82 Å². The molecule has 0 bridgehead atoms. The van der Waals surface area contributed by atoms with E-state index in [2.05, 4.69) is 20.6 Å². The van der Waals surface area contributed by atoms with Crippen molar-refractivity contribution in [1.82, 2.24) is 15.0 Å². The number of anilines is 3. The molecule has 0 aliphatic rings. The van der Waals surface area contributed by atoms with E-state index in [1.165, 1.54) is 19.2 Å². The number of ether oxygens (including phenoxy) is 1. The van der Waals surface area contributed by atoms with Crippen molar-refractivity contribution in [3.63, 3.8) is 0 Å². The van der Waals surface area contributed by atoms with Crippen molar-refractivity contribution in [3.05, 3.63) is 60.2 Å². The quantitative estimate of drug-likeness (QED) is 0.284. The number of H-pyrrole nitrogens is 1. The number of aromatic amines is 1. The zero-order valence-electron chi connectivity index (χ0n) is 19.0. The number of halogens is 1. The highest BCUT2D eigenvalue weighted by Gasteiger charge is 2.17. The minimum absolute atomic E-state index is 0.0363. The van der Waals surface area contributed by atoms with Crippen molar-refractivity contribution in [3.8, 4) is 17.0 Å². The lowest BCUT2D eigenvalue weighted by Gasteiger charge is -2.14. The summed E-state index contributed by atoms with van der Waals surface area (Å²) in [4.78, 5) is 24.2. The fraction of sp³-hybridized carbons (Fsp3) is 0.240. The summed E-state index contributed by atoms with van der Waals surface area (Å²) in [5, 5.41) is 16.0. The predicted octanol–water partition coefficient (Wildman–Crippen LogP) is 4.79. The van der Waals surface area contributed by atoms with E-state index in [9.17, 15) is 14.3 Å². The van der Waals surface area contributed by atoms with Crippen LogP contribution in [0.4, 0.5) is 21.7 Å². The van der Waals surface area contributed by atoms with Gasteiger partial charge in [0.15, 0.2) is 5.82 Å². The van der Waals surface area contributed by atoms with Gasteiger partial charge < -0.3 is 25.5 Å². The smallest absolute Gasteiger partial charge is 0.227 e. The van der Waals surface area contributed by atoms with Crippen LogP contribution in [0.1, 0.15) is 25.5 Å². The Bertz CT molecular complexity index is 1320. The first-order chi connectivity index (χ1) is 16.5. The molecule has 9 heteroatoms. The molecular weight excluding hydrogens is 437 g/mol. The number of fused-ring (bicyclic) bond motifs is 1. The Balaban J connectivity index is 1.72. The lowest BCUT2D eigenvalue weighted by molar-refractivity contribution is -0.115. The van der Waals surface area contributed by atoms with Crippen LogP contribution >= 0.6 is 0 Å². The number of nitrogens with zero attached hydrogens (tertiary/aromatic N) is 2. The normalized spacial score (nSPS) is 10.9. The van der Waals surface area contributed by atoms with Crippen molar-refractivity contribution in [2.45, 2.75) is 26.2 Å². The van der Waals surface area contributed by atoms with Gasteiger partial charge in [-0.25, -0.2) is 14.4 Å². The SMILES string of the molecule is CCC(=O)Nc1cc(Nc2nccc(-c3c(CCCO)[nH]c4ccccc34)n2)c(OC)cc1F. The van der Waals surface area contributed by atoms with Gasteiger partial charge in [-0.3, -0.25) is 4.79 Å². The van der Waals surface area contributed by atoms with Gasteiger partial charge in [-0.15, -0.1) is 0 Å². The Morgan fingerprint density at radius 1 is 1.21 bits per heavy atom. The van der Waals surface area contributed by atoms with Crippen molar-refractivity contribution >= 4 is 34.1 Å². The summed E-state index contributed by atoms with van der Waals surface area (Å²) in [6.45, 7) is 1.78. The number of aromatic nitrogens is 3. The molecule has 4 rings (SSSR count). The number of aryl methyl sites for hydroxylation is 1. The first kappa shape index (κ1) is 23.2. The van der Waals surface area contributed by atoms with Gasteiger partial charge in [0.05, 0.1) is 24.2 Å². The third-order valence-corrected chi connectivity index (χ3v) is 5.41. The van der Waals surface area contributed by atoms with Gasteiger partial charge in [-0.05, 0) is 31.0 Å². The number of rotatable bonds is 9. The number of carbonyl (C=O) groups excluding carboxylic acids is 1. The summed E-state index contributed by atoms with van der Waals surface area (Å²) in [7, 11) is 1.43. The number of amides is 1. The summed E-state index contributed by atoms with van der Waals surface area (Å²) < 4.78 is 19.7. The van der Waals surface area contributed by atoms with Crippen LogP contribution in [0.5, 0.6) is 5.75 Å². The zero-order valence-corrected chi connectivity index (χ0v) is 19.0. The van der Waals surface area contributed by atoms with E-state index in [1.807, 2.05) is 30.3 Å². The van der Waals surface area contributed by atoms with Crippen molar-refractivity contribution < 1.29 is 19.0 Å². The monoisotopic (exact) mass is 463 g/mol. The first-order valence-corrected chi connectivity index (χ1v) is 11.0. The summed E-state index contributed by atoms with van der Waals surface area (Å²) >= 11 is 0. The molecule has 0 aliphatic carbocycles. The Morgan fingerprint density at radius 3 is 2.79 bits per heavy atom. The van der Waals surface area contributed by atoms with Crippen LogP contribution in [0.3, 0.4) is 0 Å². The fourth-order valence-corrected chi connectivity index (χ4v) is 3.77. The Hall–Kier alpha value is -3.98. The molecule has 2 aromatic carbocycles. The van der Waals surface area contributed by atoms with Gasteiger partial charge in [0.2, 0.25) is 11.9 Å². The van der Waals surface area contributed by atoms with Crippen molar-refractivity contribution in [2.75, 3.05) is 24.4 Å². The molecule has 1 amide bonds. The number of carbonyl (C=O) groups is 1. The lowest BCUT2D eigenvalue weighted by atomic mass is 10.0. The maximum Gasteiger partial charge on any atom is 0.227 e. The van der Waals surface area contributed by atoms with Crippen LogP contribution in [0.15, 0.2) is 48.7 Å². The minimum atomic E-state index is -0.605. The molecule has 0 spiro atoms. The third-order valence-electron chi connectivity index (χ3n) is 5.41. The number of para-hydroxylation sites is 1. The van der Waals surface area contributed by atoms with E-state index >= 15 is 0 Å². The summed E-state index contributed by atoms with van der Waals surface area (Å²) in [6, 6.07) is 12.4. The second kappa shape index (κ2) is 10.3. The number of aliphatic hydroxyl groups excluding tert-OH is 1. The highest BCUT2D eigenvalue weighted by Crippen LogP contribution is 2.35. The standard InChI is InChI=1S/C25H26FN5O3/c1-3-23(33)29-20-14-21(22(34-2)13-16(20)26)31-25-27-11-10-19(30-25)24-15-7-4-5-8-17(15)28-18(24)9-6-12-32/h4-5,7-8,10-11,13-14,28,32H,3,6,9,12H2,1-2H3,(H,29,33)(H,27,30,31). The molecule has 2 aromatic heterocycles. The molecule has 0 saturated carbocycles. The molecule has 0 fully saturated rings. The van der Waals surface area contributed by atoms with Crippen molar-refractivity contribution in [1.29, 1.82) is 0 Å². The minimum Gasteiger partial charge on any atom is -0.494 e. The Morgan fingerprint density at radius 2 is 2.03 bits per heavy atom. The van der Waals surface area contributed by atoms with Gasteiger partial charge >= 0.3 is 0 Å². The molecule has 176 valence electrons. The second-order valence-electron chi connectivity index (χ2n) is 7.68. The molecule has 0 radical (unpaired) electrons. The molecule has 2 heterocycles. The number of hydrogen-bond donors (Lipinski definition) is 4. The first-order valence-electron chi connectivity index (χ1n) is 11.0. The molecule has 4 aromatic rings. The van der Waals surface area contributed by atoms with Crippen LogP contribution in [-0.4, -0.2) is 39.7 Å². The van der Waals surface area contributed by atoms with E-state index in [4.69, 9.17) is 9.72 Å². The summed E-state index contributed by atoms with van der Waals surface area (Å²) in [5.41, 5.74) is 4.04. The summed E-state index contributed by atoms with van der Waals surface area (Å²) in [6.07, 6.45) is 3.15. The second-order valence-corrected chi connectivity index (χ2v) is 7.68. The highest BCUT2D eigenvalue weighted by molar-refractivity contribution is 5.96. The molecule has 0 saturated heterocycles. The number of nitrogens with one attached hydrogen (secondary N) is 3. The van der Waals surface area contributed by atoms with Gasteiger partial charge in [0.25, 0.3) is 0 Å². The molecule has 0 unspecified atom stereocenters. The number of benzene rings is 2. The van der Waals surface area contributed by atoms with Gasteiger partial charge in [0.1, 0.15) is 5.75 Å². The topological polar surface area (TPSA) is 112 Å². The molecular formula is C25H26FN5O3. The van der Waals surface area contributed by atoms with E-state index in [1.54, 1.807) is 13.1 Å². The van der Waals surface area contributed by atoms with E-state index < -0.39 is 5.82 Å². The summed E-state index contributed by atoms with van der Waals surface area (Å²) in [5.74, 6) is -0.375. The van der Waals surface area contributed by atoms with Crippen LogP contribution in [0.25, 0.3) is 22.2 Å². The lowest BCUT2D eigenvalue weighted by Crippen LogP contribution is -2.11. The number of methoxy groups -OCH3 is 1. The average Bonchev–Trinajstić information content (AvgIpc) is 3.23. The maximum atomic E-state index is 14.4. The molecule has 0 aliphatic heterocycles. The average molecular weight is 464 g/mol. The van der Waals surface area contributed by atoms with Crippen LogP contribution in [0.2, 0.25) is 0 Å². The molecule has 4 N–H and O–H groups in total. The van der Waals surface area contributed by atoms with Gasteiger partial charge in [0, 0.05) is 47.5 Å². The van der Waals surface area contributed by atoms with Gasteiger partial charge in [-0.2, -0.15) is 0 Å². The maximum absolute atomic E-state index is 14.4. The number of hydrogen-bond acceptors (Lipinski definition) is 6. The highest BCUT2D eigenvalue weighted by atomic mass is 19.1. The Kier molecular flexibility index (Phi) is 7.03. The number of aliphatic hydroxyl groups is 1. The molecule has 0 atom stereocenters. The molecule has 34 heavy (non-hydrogen) atoms. The zero-order chi connectivity index (χ0) is 24.1. The largest absolute Gasteiger partial charge is 0.494 e.